The van der Waals surface area contributed by atoms with Gasteiger partial charge in [0, 0.05) is 6.20 Å². The number of amides is 1. The van der Waals surface area contributed by atoms with Gasteiger partial charge in [-0.25, -0.2) is 4.39 Å². The second-order valence-electron chi connectivity index (χ2n) is 3.93. The van der Waals surface area contributed by atoms with Crippen molar-refractivity contribution < 1.29 is 22.4 Å². The smallest absolute Gasteiger partial charge is 0.346 e. The summed E-state index contributed by atoms with van der Waals surface area (Å²) in [6.45, 7) is 0.00845. The third kappa shape index (κ3) is 2.95. The quantitative estimate of drug-likeness (QED) is 0.852. The predicted molar refractivity (Wildman–Crippen MR) is 61.2 cm³/mol. The van der Waals surface area contributed by atoms with E-state index in [9.17, 15) is 22.4 Å². The van der Waals surface area contributed by atoms with Crippen LogP contribution in [0.5, 0.6) is 0 Å². The maximum Gasteiger partial charge on any atom is 0.419 e. The van der Waals surface area contributed by atoms with E-state index in [1.807, 2.05) is 0 Å². The predicted octanol–water partition coefficient (Wildman–Crippen LogP) is 2.50. The Bertz CT molecular complexity index is 608. The molecular formula is C12H9F4N3O. The summed E-state index contributed by atoms with van der Waals surface area (Å²) in [6.07, 6.45) is -3.39. The lowest BCUT2D eigenvalue weighted by molar-refractivity contribution is -0.140. The van der Waals surface area contributed by atoms with Crippen LogP contribution in [0.25, 0.3) is 0 Å². The molecule has 0 unspecified atom stereocenters. The summed E-state index contributed by atoms with van der Waals surface area (Å²) in [7, 11) is 0. The topological polar surface area (TPSA) is 57.8 Å². The molecule has 0 aliphatic rings. The molecule has 2 rings (SSSR count). The summed E-state index contributed by atoms with van der Waals surface area (Å²) in [6, 6.07) is 4.13. The van der Waals surface area contributed by atoms with Crippen LogP contribution in [0.4, 0.5) is 17.6 Å². The number of aromatic amines is 1. The molecule has 2 N–H and O–H groups in total. The Morgan fingerprint density at radius 1 is 1.30 bits per heavy atom. The second kappa shape index (κ2) is 5.32. The lowest BCUT2D eigenvalue weighted by Gasteiger charge is -2.11. The second-order valence-corrected chi connectivity index (χ2v) is 3.93. The molecule has 0 bridgehead atoms. The minimum Gasteiger partial charge on any atom is -0.346 e. The average Bonchev–Trinajstić information content (AvgIpc) is 2.88. The van der Waals surface area contributed by atoms with E-state index in [1.54, 1.807) is 6.07 Å². The molecule has 1 heterocycles. The summed E-state index contributed by atoms with van der Waals surface area (Å²) in [5.41, 5.74) is -1.57. The molecule has 0 fully saturated rings. The molecule has 1 amide bonds. The van der Waals surface area contributed by atoms with Crippen molar-refractivity contribution in [3.8, 4) is 0 Å². The highest BCUT2D eigenvalue weighted by atomic mass is 19.4. The standard InChI is InChI=1S/C12H9F4N3O/c13-10-8(2-1-3-9(10)12(14,15)16)11(20)17-6-7-4-5-18-19-7/h1-5H,6H2,(H,17,20)(H,18,19). The molecule has 0 aliphatic heterocycles. The Morgan fingerprint density at radius 2 is 2.05 bits per heavy atom. The number of alkyl halides is 3. The van der Waals surface area contributed by atoms with Gasteiger partial charge in [-0.1, -0.05) is 6.07 Å². The first-order valence-corrected chi connectivity index (χ1v) is 5.51. The minimum atomic E-state index is -4.84. The molecule has 2 aromatic rings. The molecule has 0 radical (unpaired) electrons. The largest absolute Gasteiger partial charge is 0.419 e. The Labute approximate surface area is 110 Å². The third-order valence-corrected chi connectivity index (χ3v) is 2.55. The molecule has 0 saturated carbocycles. The first kappa shape index (κ1) is 14.0. The third-order valence-electron chi connectivity index (χ3n) is 2.55. The van der Waals surface area contributed by atoms with Crippen LogP contribution in [-0.4, -0.2) is 16.1 Å². The average molecular weight is 287 g/mol. The fourth-order valence-corrected chi connectivity index (χ4v) is 1.58. The number of carbonyl (C=O) groups is 1. The highest BCUT2D eigenvalue weighted by Gasteiger charge is 2.35. The summed E-state index contributed by atoms with van der Waals surface area (Å²) < 4.78 is 51.2. The van der Waals surface area contributed by atoms with Crippen LogP contribution in [0.3, 0.4) is 0 Å². The van der Waals surface area contributed by atoms with Gasteiger partial charge >= 0.3 is 6.18 Å². The van der Waals surface area contributed by atoms with Crippen LogP contribution in [0.2, 0.25) is 0 Å². The fourth-order valence-electron chi connectivity index (χ4n) is 1.58. The number of nitrogens with zero attached hydrogens (tertiary/aromatic N) is 1. The highest BCUT2D eigenvalue weighted by Crippen LogP contribution is 2.32. The zero-order valence-electron chi connectivity index (χ0n) is 9.96. The van der Waals surface area contributed by atoms with Crippen LogP contribution in [-0.2, 0) is 12.7 Å². The van der Waals surface area contributed by atoms with Gasteiger partial charge in [0.05, 0.1) is 23.4 Å². The van der Waals surface area contributed by atoms with Crippen molar-refractivity contribution >= 4 is 5.91 Å². The van der Waals surface area contributed by atoms with Crippen LogP contribution in [0.1, 0.15) is 21.6 Å². The van der Waals surface area contributed by atoms with Gasteiger partial charge in [0.15, 0.2) is 0 Å². The molecule has 0 atom stereocenters. The fraction of sp³-hybridized carbons (Fsp3) is 0.167. The van der Waals surface area contributed by atoms with Gasteiger partial charge in [-0.3, -0.25) is 9.89 Å². The van der Waals surface area contributed by atoms with E-state index in [0.29, 0.717) is 11.8 Å². The summed E-state index contributed by atoms with van der Waals surface area (Å²) in [5, 5.41) is 8.50. The van der Waals surface area contributed by atoms with E-state index in [1.165, 1.54) is 6.20 Å². The van der Waals surface area contributed by atoms with Crippen LogP contribution in [0, 0.1) is 5.82 Å². The number of hydrogen-bond donors (Lipinski definition) is 2. The van der Waals surface area contributed by atoms with Gasteiger partial charge in [-0.2, -0.15) is 18.3 Å². The van der Waals surface area contributed by atoms with Gasteiger partial charge in [-0.05, 0) is 18.2 Å². The van der Waals surface area contributed by atoms with Gasteiger partial charge in [0.1, 0.15) is 5.82 Å². The molecule has 20 heavy (non-hydrogen) atoms. The molecule has 8 heteroatoms. The summed E-state index contributed by atoms with van der Waals surface area (Å²) in [5.74, 6) is -2.51. The molecule has 0 saturated heterocycles. The van der Waals surface area contributed by atoms with Crippen molar-refractivity contribution in [2.24, 2.45) is 0 Å². The van der Waals surface area contributed by atoms with Crippen molar-refractivity contribution in [3.63, 3.8) is 0 Å². The minimum absolute atomic E-state index is 0.00845. The highest BCUT2D eigenvalue weighted by molar-refractivity contribution is 5.94. The number of aromatic nitrogens is 2. The van der Waals surface area contributed by atoms with Gasteiger partial charge in [-0.15, -0.1) is 0 Å². The number of H-pyrrole nitrogens is 1. The van der Waals surface area contributed by atoms with Gasteiger partial charge in [0.25, 0.3) is 5.91 Å². The molecule has 0 spiro atoms. The lowest BCUT2D eigenvalue weighted by atomic mass is 10.1. The first-order chi connectivity index (χ1) is 9.39. The number of nitrogens with one attached hydrogen (secondary N) is 2. The van der Waals surface area contributed by atoms with E-state index < -0.39 is 29.0 Å². The van der Waals surface area contributed by atoms with Crippen LogP contribution >= 0.6 is 0 Å². The molecule has 4 nitrogen and oxygen atoms in total. The van der Waals surface area contributed by atoms with Crippen molar-refractivity contribution in [1.82, 2.24) is 15.5 Å². The van der Waals surface area contributed by atoms with E-state index in [-0.39, 0.29) is 6.54 Å². The van der Waals surface area contributed by atoms with E-state index in [4.69, 9.17) is 0 Å². The zero-order valence-corrected chi connectivity index (χ0v) is 9.96. The molecule has 1 aromatic heterocycles. The van der Waals surface area contributed by atoms with Crippen molar-refractivity contribution in [2.45, 2.75) is 12.7 Å². The Kier molecular flexibility index (Phi) is 3.73. The summed E-state index contributed by atoms with van der Waals surface area (Å²) in [4.78, 5) is 11.7. The van der Waals surface area contributed by atoms with Gasteiger partial charge in [0.2, 0.25) is 0 Å². The normalized spacial score (nSPS) is 11.4. The Morgan fingerprint density at radius 3 is 2.65 bits per heavy atom. The molecular weight excluding hydrogens is 278 g/mol. The van der Waals surface area contributed by atoms with Crippen molar-refractivity contribution in [1.29, 1.82) is 0 Å². The monoisotopic (exact) mass is 287 g/mol. The zero-order chi connectivity index (χ0) is 14.8. The molecule has 106 valence electrons. The van der Waals surface area contributed by atoms with Crippen molar-refractivity contribution in [3.05, 3.63) is 53.1 Å². The van der Waals surface area contributed by atoms with E-state index >= 15 is 0 Å². The summed E-state index contributed by atoms with van der Waals surface area (Å²) >= 11 is 0. The van der Waals surface area contributed by atoms with Crippen LogP contribution < -0.4 is 5.32 Å². The van der Waals surface area contributed by atoms with Gasteiger partial charge < -0.3 is 5.32 Å². The lowest BCUT2D eigenvalue weighted by Crippen LogP contribution is -2.25. The number of carbonyl (C=O) groups excluding carboxylic acids is 1. The Hall–Kier alpha value is -2.38. The maximum absolute atomic E-state index is 13.7. The maximum atomic E-state index is 13.7. The van der Waals surface area contributed by atoms with Crippen LogP contribution in [0.15, 0.2) is 30.5 Å². The number of halogens is 4. The number of hydrogen-bond acceptors (Lipinski definition) is 2. The SMILES string of the molecule is O=C(NCc1ccn[nH]1)c1cccc(C(F)(F)F)c1F. The first-order valence-electron chi connectivity index (χ1n) is 5.51. The molecule has 1 aromatic carbocycles. The van der Waals surface area contributed by atoms with Crippen molar-refractivity contribution in [2.75, 3.05) is 0 Å². The van der Waals surface area contributed by atoms with E-state index in [0.717, 1.165) is 12.1 Å². The van der Waals surface area contributed by atoms with E-state index in [2.05, 4.69) is 15.5 Å². The Balaban J connectivity index is 2.18. The number of benzene rings is 1. The molecule has 0 aliphatic carbocycles. The number of rotatable bonds is 3.